The Balaban J connectivity index is 1.78. The van der Waals surface area contributed by atoms with Crippen molar-refractivity contribution in [1.29, 1.82) is 0 Å². The number of halogens is 1. The van der Waals surface area contributed by atoms with Crippen LogP contribution in [0.4, 0.5) is 4.39 Å². The lowest BCUT2D eigenvalue weighted by Crippen LogP contribution is -1.97. The average Bonchev–Trinajstić information content (AvgIpc) is 2.67. The van der Waals surface area contributed by atoms with Gasteiger partial charge in [-0.2, -0.15) is 0 Å². The van der Waals surface area contributed by atoms with Gasteiger partial charge in [0.15, 0.2) is 0 Å². The molecule has 1 atom stereocenters. The monoisotopic (exact) mass is 376 g/mol. The van der Waals surface area contributed by atoms with Crippen LogP contribution in [0.5, 0.6) is 0 Å². The molecule has 3 rings (SSSR count). The quantitative estimate of drug-likeness (QED) is 0.403. The highest BCUT2D eigenvalue weighted by molar-refractivity contribution is 5.79. The SMILES string of the molecule is C=CCc1ccc(-c2cnc3cc(/C=C/CCCC(C)O)ccc3n2)c(F)c1. The number of rotatable bonds is 8. The topological polar surface area (TPSA) is 46.0 Å². The van der Waals surface area contributed by atoms with E-state index in [2.05, 4.69) is 28.7 Å². The lowest BCUT2D eigenvalue weighted by Gasteiger charge is -2.06. The molecule has 1 aromatic heterocycles. The molecule has 28 heavy (non-hydrogen) atoms. The molecule has 1 N–H and O–H groups in total. The molecule has 0 aliphatic carbocycles. The second kappa shape index (κ2) is 9.38. The van der Waals surface area contributed by atoms with E-state index in [0.717, 1.165) is 41.4 Å². The Kier molecular flexibility index (Phi) is 6.66. The Hall–Kier alpha value is -2.85. The van der Waals surface area contributed by atoms with Crippen molar-refractivity contribution >= 4 is 17.1 Å². The van der Waals surface area contributed by atoms with E-state index < -0.39 is 0 Å². The number of allylic oxidation sites excluding steroid dienone is 2. The molecule has 1 unspecified atom stereocenters. The van der Waals surface area contributed by atoms with Crippen molar-refractivity contribution in [2.75, 3.05) is 0 Å². The van der Waals surface area contributed by atoms with E-state index in [0.29, 0.717) is 17.7 Å². The molecule has 1 heterocycles. The lowest BCUT2D eigenvalue weighted by molar-refractivity contribution is 0.182. The van der Waals surface area contributed by atoms with Crippen LogP contribution in [0.25, 0.3) is 28.4 Å². The Bertz CT molecular complexity index is 995. The fourth-order valence-electron chi connectivity index (χ4n) is 3.07. The molecule has 0 radical (unpaired) electrons. The molecule has 0 bridgehead atoms. The standard InChI is InChI=1S/C24H25FN2O/c1-3-7-18-10-12-20(21(25)14-18)24-16-26-23-15-19(11-13-22(23)27-24)9-6-4-5-8-17(2)28/h3,6,9-17,28H,1,4-5,7-8H2,2H3/b9-6+. The Morgan fingerprint density at radius 2 is 2.04 bits per heavy atom. The summed E-state index contributed by atoms with van der Waals surface area (Å²) in [5, 5.41) is 9.28. The normalized spacial score (nSPS) is 12.5. The molecule has 144 valence electrons. The number of fused-ring (bicyclic) bond motifs is 1. The van der Waals surface area contributed by atoms with Gasteiger partial charge in [0.2, 0.25) is 0 Å². The first kappa shape index (κ1) is 19.9. The number of aromatic nitrogens is 2. The van der Waals surface area contributed by atoms with Gasteiger partial charge >= 0.3 is 0 Å². The van der Waals surface area contributed by atoms with Gasteiger partial charge in [0.05, 0.1) is 29.0 Å². The van der Waals surface area contributed by atoms with Crippen molar-refractivity contribution in [2.45, 2.75) is 38.7 Å². The van der Waals surface area contributed by atoms with Crippen LogP contribution in [-0.4, -0.2) is 21.2 Å². The van der Waals surface area contributed by atoms with E-state index in [1.165, 1.54) is 6.07 Å². The van der Waals surface area contributed by atoms with Gasteiger partial charge in [-0.25, -0.2) is 9.37 Å². The van der Waals surface area contributed by atoms with Gasteiger partial charge in [-0.3, -0.25) is 4.98 Å². The fourth-order valence-corrected chi connectivity index (χ4v) is 3.07. The first-order valence-corrected chi connectivity index (χ1v) is 9.58. The molecule has 0 aliphatic rings. The lowest BCUT2D eigenvalue weighted by atomic mass is 10.1. The molecule has 2 aromatic carbocycles. The molecule has 4 heteroatoms. The highest BCUT2D eigenvalue weighted by Crippen LogP contribution is 2.24. The maximum atomic E-state index is 14.4. The molecule has 0 amide bonds. The van der Waals surface area contributed by atoms with Crippen molar-refractivity contribution in [3.8, 4) is 11.3 Å². The summed E-state index contributed by atoms with van der Waals surface area (Å²) < 4.78 is 14.4. The van der Waals surface area contributed by atoms with Gasteiger partial charge in [0, 0.05) is 5.56 Å². The van der Waals surface area contributed by atoms with Crippen LogP contribution in [0.2, 0.25) is 0 Å². The maximum Gasteiger partial charge on any atom is 0.132 e. The largest absolute Gasteiger partial charge is 0.393 e. The summed E-state index contributed by atoms with van der Waals surface area (Å²) in [6.45, 7) is 5.49. The molecule has 3 nitrogen and oxygen atoms in total. The third-order valence-electron chi connectivity index (χ3n) is 4.56. The van der Waals surface area contributed by atoms with Crippen molar-refractivity contribution in [1.82, 2.24) is 9.97 Å². The van der Waals surface area contributed by atoms with Crippen LogP contribution >= 0.6 is 0 Å². The minimum absolute atomic E-state index is 0.249. The van der Waals surface area contributed by atoms with Crippen LogP contribution in [0.3, 0.4) is 0 Å². The van der Waals surface area contributed by atoms with Crippen LogP contribution in [0, 0.1) is 5.82 Å². The van der Waals surface area contributed by atoms with Gasteiger partial charge in [-0.1, -0.05) is 30.4 Å². The molecule has 0 spiro atoms. The first-order chi connectivity index (χ1) is 13.6. The smallest absolute Gasteiger partial charge is 0.132 e. The van der Waals surface area contributed by atoms with Crippen LogP contribution < -0.4 is 0 Å². The number of aliphatic hydroxyl groups excluding tert-OH is 1. The number of hydrogen-bond acceptors (Lipinski definition) is 3. The molecular formula is C24H25FN2O. The highest BCUT2D eigenvalue weighted by Gasteiger charge is 2.09. The van der Waals surface area contributed by atoms with Crippen LogP contribution in [-0.2, 0) is 6.42 Å². The predicted molar refractivity (Wildman–Crippen MR) is 113 cm³/mol. The second-order valence-corrected chi connectivity index (χ2v) is 6.99. The minimum Gasteiger partial charge on any atom is -0.393 e. The summed E-state index contributed by atoms with van der Waals surface area (Å²) in [5.41, 5.74) is 4.42. The van der Waals surface area contributed by atoms with Crippen LogP contribution in [0.15, 0.2) is 61.3 Å². The number of aliphatic hydroxyl groups is 1. The summed E-state index contributed by atoms with van der Waals surface area (Å²) in [4.78, 5) is 9.05. The van der Waals surface area contributed by atoms with E-state index in [9.17, 15) is 9.50 Å². The van der Waals surface area contributed by atoms with E-state index in [1.807, 2.05) is 31.2 Å². The molecule has 0 fully saturated rings. The van der Waals surface area contributed by atoms with Gasteiger partial charge in [-0.05, 0) is 68.0 Å². The van der Waals surface area contributed by atoms with Crippen LogP contribution in [0.1, 0.15) is 37.3 Å². The Morgan fingerprint density at radius 1 is 1.18 bits per heavy atom. The van der Waals surface area contributed by atoms with Gasteiger partial charge < -0.3 is 5.11 Å². The second-order valence-electron chi connectivity index (χ2n) is 6.99. The van der Waals surface area contributed by atoms with Crippen molar-refractivity contribution in [3.05, 3.63) is 78.3 Å². The minimum atomic E-state index is -0.301. The van der Waals surface area contributed by atoms with Gasteiger partial charge in [0.1, 0.15) is 5.82 Å². The molecule has 0 aliphatic heterocycles. The zero-order chi connectivity index (χ0) is 19.9. The Morgan fingerprint density at radius 3 is 2.79 bits per heavy atom. The van der Waals surface area contributed by atoms with E-state index >= 15 is 0 Å². The third kappa shape index (κ3) is 5.11. The molecule has 0 saturated carbocycles. The zero-order valence-electron chi connectivity index (χ0n) is 16.1. The number of benzene rings is 2. The summed E-state index contributed by atoms with van der Waals surface area (Å²) in [5.74, 6) is -0.301. The summed E-state index contributed by atoms with van der Waals surface area (Å²) in [6, 6.07) is 11.0. The average molecular weight is 376 g/mol. The summed E-state index contributed by atoms with van der Waals surface area (Å²) in [6.07, 6.45) is 10.6. The van der Waals surface area contributed by atoms with E-state index in [1.54, 1.807) is 18.3 Å². The molecular weight excluding hydrogens is 351 g/mol. The first-order valence-electron chi connectivity index (χ1n) is 9.58. The zero-order valence-corrected chi connectivity index (χ0v) is 16.1. The van der Waals surface area contributed by atoms with Crippen molar-refractivity contribution in [2.24, 2.45) is 0 Å². The van der Waals surface area contributed by atoms with E-state index in [-0.39, 0.29) is 11.9 Å². The number of nitrogens with zero attached hydrogens (tertiary/aromatic N) is 2. The highest BCUT2D eigenvalue weighted by atomic mass is 19.1. The van der Waals surface area contributed by atoms with Crippen molar-refractivity contribution in [3.63, 3.8) is 0 Å². The fraction of sp³-hybridized carbons (Fsp3) is 0.250. The predicted octanol–water partition coefficient (Wildman–Crippen LogP) is 5.73. The van der Waals surface area contributed by atoms with Gasteiger partial charge in [-0.15, -0.1) is 6.58 Å². The summed E-state index contributed by atoms with van der Waals surface area (Å²) in [7, 11) is 0. The Labute approximate surface area is 165 Å². The molecule has 0 saturated heterocycles. The maximum absolute atomic E-state index is 14.4. The number of hydrogen-bond donors (Lipinski definition) is 1. The number of unbranched alkanes of at least 4 members (excludes halogenated alkanes) is 1. The third-order valence-corrected chi connectivity index (χ3v) is 4.56. The summed E-state index contributed by atoms with van der Waals surface area (Å²) >= 11 is 0. The van der Waals surface area contributed by atoms with Gasteiger partial charge in [0.25, 0.3) is 0 Å². The molecule has 3 aromatic rings. The van der Waals surface area contributed by atoms with E-state index in [4.69, 9.17) is 0 Å². The van der Waals surface area contributed by atoms with Crippen molar-refractivity contribution < 1.29 is 9.50 Å².